The van der Waals surface area contributed by atoms with Crippen molar-refractivity contribution in [3.05, 3.63) is 6.33 Å². The van der Waals surface area contributed by atoms with Crippen molar-refractivity contribution in [2.75, 3.05) is 45.8 Å². The second-order valence-corrected chi connectivity index (χ2v) is 13.3. The van der Waals surface area contributed by atoms with Gasteiger partial charge < -0.3 is 37.0 Å². The number of nitrogens with one attached hydrogen (secondary N) is 2. The number of carboxylic acids is 1. The molecular weight excluding hydrogens is 566 g/mol. The monoisotopic (exact) mass is 607 g/mol. The van der Waals surface area contributed by atoms with Crippen LogP contribution in [0.3, 0.4) is 0 Å². The Morgan fingerprint density at radius 2 is 2.00 bits per heavy atom. The lowest BCUT2D eigenvalue weighted by Gasteiger charge is -2.48. The van der Waals surface area contributed by atoms with Gasteiger partial charge in [0.1, 0.15) is 18.9 Å². The quantitative estimate of drug-likeness (QED) is 0.154. The van der Waals surface area contributed by atoms with Crippen molar-refractivity contribution in [1.82, 2.24) is 45.5 Å². The summed E-state index contributed by atoms with van der Waals surface area (Å²) in [7, 11) is 0. The van der Waals surface area contributed by atoms with E-state index in [0.29, 0.717) is 32.6 Å². The maximum atomic E-state index is 13.3. The van der Waals surface area contributed by atoms with Gasteiger partial charge in [-0.2, -0.15) is 11.8 Å². The molecule has 5 rings (SSSR count). The van der Waals surface area contributed by atoms with Crippen molar-refractivity contribution in [2.24, 2.45) is 23.3 Å². The molecule has 16 nitrogen and oxygen atoms in total. The first kappa shape index (κ1) is 30.6. The maximum Gasteiger partial charge on any atom is 0.327 e. The molecule has 0 aromatic carbocycles. The number of hydrogen-bond acceptors (Lipinski definition) is 12. The number of carbonyl (C=O) groups is 4. The Kier molecular flexibility index (Phi) is 9.31. The van der Waals surface area contributed by atoms with Crippen molar-refractivity contribution in [1.29, 1.82) is 0 Å². The van der Waals surface area contributed by atoms with Gasteiger partial charge in [0, 0.05) is 74.4 Å². The first-order valence-corrected chi connectivity index (χ1v) is 15.4. The zero-order valence-corrected chi connectivity index (χ0v) is 24.7. The Morgan fingerprint density at radius 1 is 1.26 bits per heavy atom. The van der Waals surface area contributed by atoms with E-state index in [1.54, 1.807) is 18.7 Å². The van der Waals surface area contributed by atoms with Gasteiger partial charge in [0.15, 0.2) is 0 Å². The summed E-state index contributed by atoms with van der Waals surface area (Å²) in [6.07, 6.45) is 1.93. The summed E-state index contributed by atoms with van der Waals surface area (Å²) < 4.78 is 1.29. The fourth-order valence-electron chi connectivity index (χ4n) is 6.85. The number of fused-ring (bicyclic) bond motifs is 1. The molecule has 232 valence electrons. The number of aliphatic carboxylic acids is 1. The second-order valence-electron chi connectivity index (χ2n) is 11.8. The van der Waals surface area contributed by atoms with Crippen LogP contribution in [0.5, 0.6) is 0 Å². The molecule has 0 bridgehead atoms. The lowest BCUT2D eigenvalue weighted by atomic mass is 9.78. The van der Waals surface area contributed by atoms with Crippen LogP contribution in [0.2, 0.25) is 0 Å². The van der Waals surface area contributed by atoms with E-state index in [0.717, 1.165) is 19.6 Å². The second kappa shape index (κ2) is 12.8. The van der Waals surface area contributed by atoms with Crippen molar-refractivity contribution in [2.45, 2.75) is 67.5 Å². The van der Waals surface area contributed by atoms with Crippen molar-refractivity contribution in [3.8, 4) is 0 Å². The summed E-state index contributed by atoms with van der Waals surface area (Å²) in [4.78, 5) is 57.0. The molecular formula is C25H41N11O5S. The number of rotatable bonds is 11. The van der Waals surface area contributed by atoms with Crippen molar-refractivity contribution >= 4 is 35.5 Å². The topological polar surface area (TPSA) is 218 Å². The van der Waals surface area contributed by atoms with Crippen molar-refractivity contribution < 1.29 is 24.3 Å². The van der Waals surface area contributed by atoms with Gasteiger partial charge in [-0.05, 0) is 29.7 Å². The molecule has 3 amide bonds. The van der Waals surface area contributed by atoms with Gasteiger partial charge in [-0.1, -0.05) is 6.92 Å². The Labute approximate surface area is 248 Å². The normalized spacial score (nSPS) is 32.8. The first-order valence-electron chi connectivity index (χ1n) is 14.5. The number of nitrogens with two attached hydrogens (primary N) is 2. The number of aromatic nitrogens is 4. The van der Waals surface area contributed by atoms with Gasteiger partial charge in [-0.25, -0.2) is 9.48 Å². The minimum absolute atomic E-state index is 0.0396. The van der Waals surface area contributed by atoms with E-state index >= 15 is 0 Å². The first-order chi connectivity index (χ1) is 20.1. The van der Waals surface area contributed by atoms with Crippen molar-refractivity contribution in [3.63, 3.8) is 0 Å². The van der Waals surface area contributed by atoms with Crippen LogP contribution in [-0.4, -0.2) is 150 Å². The summed E-state index contributed by atoms with van der Waals surface area (Å²) in [6, 6.07) is -2.12. The largest absolute Gasteiger partial charge is 0.480 e. The molecule has 0 aliphatic carbocycles. The van der Waals surface area contributed by atoms with E-state index in [2.05, 4.69) is 31.1 Å². The van der Waals surface area contributed by atoms with Gasteiger partial charge >= 0.3 is 5.97 Å². The van der Waals surface area contributed by atoms with Gasteiger partial charge in [0.25, 0.3) is 0 Å². The van der Waals surface area contributed by atoms with Crippen LogP contribution in [0.25, 0.3) is 0 Å². The highest BCUT2D eigenvalue weighted by Crippen LogP contribution is 2.50. The third kappa shape index (κ3) is 6.10. The number of nitrogens with zero attached hydrogens (tertiary/aromatic N) is 7. The molecule has 4 fully saturated rings. The van der Waals surface area contributed by atoms with Gasteiger partial charge in [-0.15, -0.1) is 5.10 Å². The van der Waals surface area contributed by atoms with Gasteiger partial charge in [-0.3, -0.25) is 19.3 Å². The minimum Gasteiger partial charge on any atom is -0.480 e. The Morgan fingerprint density at radius 3 is 2.64 bits per heavy atom. The highest BCUT2D eigenvalue weighted by molar-refractivity contribution is 8.00. The number of tetrazole rings is 1. The molecule has 17 heteroatoms. The minimum atomic E-state index is -1.03. The predicted molar refractivity (Wildman–Crippen MR) is 152 cm³/mol. The molecule has 1 aromatic rings. The zero-order valence-electron chi connectivity index (χ0n) is 23.9. The van der Waals surface area contributed by atoms with Crippen LogP contribution in [0.4, 0.5) is 0 Å². The van der Waals surface area contributed by atoms with E-state index in [-0.39, 0.29) is 58.8 Å². The van der Waals surface area contributed by atoms with E-state index in [1.807, 2.05) is 11.8 Å². The maximum absolute atomic E-state index is 13.3. The summed E-state index contributed by atoms with van der Waals surface area (Å²) in [5.41, 5.74) is 11.6. The lowest BCUT2D eigenvalue weighted by molar-refractivity contribution is -0.166. The number of β-lactam (4-membered cyclic amide) rings is 1. The molecule has 0 radical (unpaired) electrons. The number of carbonyl (C=O) groups excluding carboxylic acids is 3. The fraction of sp³-hybridized carbons (Fsp3) is 0.800. The Hall–Kier alpha value is -2.86. The third-order valence-corrected chi connectivity index (χ3v) is 10.7. The standard InChI is InChI=1S/C25H41N11O5S/c1-13-20-19(14(2)30-18(37)11-35-12-29-31-32-35)24(39)36(20)21(25(40)41)22(13)42-16-7-17(28-9-16)23(38)34-5-3-33(4-6-34)10-15(27)8-26/h12-17,19-22,28H,3-11,26-27H2,1-2H3,(H,30,37)(H,40,41)/t13-,14?,15-,16?,17?,19-,20-,21?,22?/m1/s1. The molecule has 0 spiro atoms. The Bertz CT molecular complexity index is 1150. The van der Waals surface area contributed by atoms with E-state index in [1.165, 1.54) is 15.9 Å². The fourth-order valence-corrected chi connectivity index (χ4v) is 8.60. The number of hydrogen-bond donors (Lipinski definition) is 5. The van der Waals surface area contributed by atoms with Gasteiger partial charge in [0.2, 0.25) is 17.7 Å². The third-order valence-electron chi connectivity index (χ3n) is 8.99. The van der Waals surface area contributed by atoms with Crippen LogP contribution in [0.1, 0.15) is 20.3 Å². The molecule has 7 N–H and O–H groups in total. The Balaban J connectivity index is 1.15. The van der Waals surface area contributed by atoms with Crippen LogP contribution in [0.15, 0.2) is 6.33 Å². The summed E-state index contributed by atoms with van der Waals surface area (Å²) >= 11 is 1.56. The number of amides is 3. The summed E-state index contributed by atoms with van der Waals surface area (Å²) in [5.74, 6) is -2.18. The summed E-state index contributed by atoms with van der Waals surface area (Å²) in [5, 5.41) is 26.7. The van der Waals surface area contributed by atoms with Crippen LogP contribution in [0, 0.1) is 11.8 Å². The highest BCUT2D eigenvalue weighted by atomic mass is 32.2. The molecule has 5 unspecified atom stereocenters. The number of piperazine rings is 1. The molecule has 4 aliphatic rings. The van der Waals surface area contributed by atoms with E-state index in [9.17, 15) is 24.3 Å². The molecule has 42 heavy (non-hydrogen) atoms. The van der Waals surface area contributed by atoms with Crippen LogP contribution >= 0.6 is 11.8 Å². The lowest BCUT2D eigenvalue weighted by Crippen LogP contribution is -2.68. The molecule has 0 saturated carbocycles. The van der Waals surface area contributed by atoms with Gasteiger partial charge in [0.05, 0.1) is 12.0 Å². The molecule has 4 saturated heterocycles. The van der Waals surface area contributed by atoms with E-state index < -0.39 is 24.0 Å². The number of carboxylic acid groups (broad SMARTS) is 1. The summed E-state index contributed by atoms with van der Waals surface area (Å²) in [6.45, 7) is 8.20. The zero-order chi connectivity index (χ0) is 30.1. The van der Waals surface area contributed by atoms with Crippen LogP contribution in [-0.2, 0) is 25.7 Å². The predicted octanol–water partition coefficient (Wildman–Crippen LogP) is -3.63. The molecule has 1 aromatic heterocycles. The average Bonchev–Trinajstić information content (AvgIpc) is 3.69. The molecule has 4 aliphatic heterocycles. The molecule has 5 heterocycles. The van der Waals surface area contributed by atoms with Crippen LogP contribution < -0.4 is 22.1 Å². The average molecular weight is 608 g/mol. The molecule has 9 atom stereocenters. The van der Waals surface area contributed by atoms with E-state index in [4.69, 9.17) is 11.5 Å². The smallest absolute Gasteiger partial charge is 0.327 e. The SMILES string of the molecule is CC(NC(=O)Cn1cnnn1)[C@H]1C(=O)N2C(C(=O)O)C(SC3CNC(C(=O)N4CCN(C[C@H](N)CN)CC4)C3)[C@H](C)[C@H]12. The highest BCUT2D eigenvalue weighted by Gasteiger charge is 2.65. The number of thioether (sulfide) groups is 1.